The first kappa shape index (κ1) is 10.7. The van der Waals surface area contributed by atoms with Crippen LogP contribution in [0.4, 0.5) is 0 Å². The molecule has 1 aliphatic rings. The summed E-state index contributed by atoms with van der Waals surface area (Å²) in [5.74, 6) is -1.10. The standard InChI is InChI=1S/C11H14N2O3/c14-10(9-2-1-5-12-9)13-6-3-8(4-7-13)11(15)16/h1-2,5,8,12H,3-4,6-7H2,(H,15,16). The first-order chi connectivity index (χ1) is 7.68. The molecule has 2 N–H and O–H groups in total. The van der Waals surface area contributed by atoms with E-state index in [-0.39, 0.29) is 11.8 Å². The predicted molar refractivity (Wildman–Crippen MR) is 57.1 cm³/mol. The van der Waals surface area contributed by atoms with Crippen LogP contribution in [0.1, 0.15) is 23.3 Å². The Balaban J connectivity index is 1.94. The number of aromatic amines is 1. The molecule has 1 saturated heterocycles. The molecular formula is C11H14N2O3. The maximum Gasteiger partial charge on any atom is 0.306 e. The second kappa shape index (κ2) is 4.38. The average molecular weight is 222 g/mol. The molecule has 1 fully saturated rings. The largest absolute Gasteiger partial charge is 0.481 e. The van der Waals surface area contributed by atoms with Crippen molar-refractivity contribution in [2.75, 3.05) is 13.1 Å². The first-order valence-electron chi connectivity index (χ1n) is 5.34. The van der Waals surface area contributed by atoms with Gasteiger partial charge in [-0.1, -0.05) is 0 Å². The van der Waals surface area contributed by atoms with Gasteiger partial charge >= 0.3 is 5.97 Å². The summed E-state index contributed by atoms with van der Waals surface area (Å²) in [7, 11) is 0. The molecule has 16 heavy (non-hydrogen) atoms. The van der Waals surface area contributed by atoms with Crippen molar-refractivity contribution < 1.29 is 14.7 Å². The molecule has 0 aromatic carbocycles. The summed E-state index contributed by atoms with van der Waals surface area (Å²) in [6.07, 6.45) is 2.79. The van der Waals surface area contributed by atoms with Gasteiger partial charge in [-0.05, 0) is 25.0 Å². The zero-order chi connectivity index (χ0) is 11.5. The molecule has 1 aliphatic heterocycles. The van der Waals surface area contributed by atoms with Gasteiger partial charge in [-0.3, -0.25) is 9.59 Å². The Hall–Kier alpha value is -1.78. The fourth-order valence-electron chi connectivity index (χ4n) is 1.96. The molecule has 5 nitrogen and oxygen atoms in total. The summed E-state index contributed by atoms with van der Waals surface area (Å²) in [5.41, 5.74) is 0.564. The molecule has 86 valence electrons. The van der Waals surface area contributed by atoms with Crippen molar-refractivity contribution in [1.82, 2.24) is 9.88 Å². The van der Waals surface area contributed by atoms with Crippen LogP contribution in [0.15, 0.2) is 18.3 Å². The lowest BCUT2D eigenvalue weighted by molar-refractivity contribution is -0.143. The molecule has 0 aliphatic carbocycles. The Kier molecular flexibility index (Phi) is 2.94. The highest BCUT2D eigenvalue weighted by Gasteiger charge is 2.27. The zero-order valence-corrected chi connectivity index (χ0v) is 8.85. The molecule has 0 spiro atoms. The van der Waals surface area contributed by atoms with Crippen LogP contribution in [0.3, 0.4) is 0 Å². The zero-order valence-electron chi connectivity index (χ0n) is 8.85. The van der Waals surface area contributed by atoms with Gasteiger partial charge in [0.1, 0.15) is 5.69 Å². The monoisotopic (exact) mass is 222 g/mol. The van der Waals surface area contributed by atoms with Crippen molar-refractivity contribution in [1.29, 1.82) is 0 Å². The van der Waals surface area contributed by atoms with Crippen molar-refractivity contribution in [3.63, 3.8) is 0 Å². The molecule has 0 saturated carbocycles. The molecule has 0 atom stereocenters. The topological polar surface area (TPSA) is 73.4 Å². The fourth-order valence-corrected chi connectivity index (χ4v) is 1.96. The molecule has 2 rings (SSSR count). The number of amides is 1. The molecule has 1 aromatic heterocycles. The number of carbonyl (C=O) groups excluding carboxylic acids is 1. The van der Waals surface area contributed by atoms with Crippen LogP contribution < -0.4 is 0 Å². The predicted octanol–water partition coefficient (Wildman–Crippen LogP) is 0.952. The number of carbonyl (C=O) groups is 2. The Morgan fingerprint density at radius 1 is 1.38 bits per heavy atom. The van der Waals surface area contributed by atoms with Crippen molar-refractivity contribution in [2.24, 2.45) is 5.92 Å². The number of carboxylic acid groups (broad SMARTS) is 1. The Morgan fingerprint density at radius 2 is 2.06 bits per heavy atom. The number of hydrogen-bond donors (Lipinski definition) is 2. The number of H-pyrrole nitrogens is 1. The minimum atomic E-state index is -0.757. The molecule has 1 amide bonds. The summed E-state index contributed by atoms with van der Waals surface area (Å²) in [4.78, 5) is 27.2. The van der Waals surface area contributed by atoms with E-state index in [9.17, 15) is 9.59 Å². The maximum absolute atomic E-state index is 11.9. The highest BCUT2D eigenvalue weighted by Crippen LogP contribution is 2.18. The van der Waals surface area contributed by atoms with Crippen LogP contribution in [0.2, 0.25) is 0 Å². The van der Waals surface area contributed by atoms with Gasteiger partial charge in [-0.2, -0.15) is 0 Å². The van der Waals surface area contributed by atoms with E-state index in [1.54, 1.807) is 23.2 Å². The van der Waals surface area contributed by atoms with E-state index in [1.807, 2.05) is 0 Å². The number of nitrogens with zero attached hydrogens (tertiary/aromatic N) is 1. The fraction of sp³-hybridized carbons (Fsp3) is 0.455. The smallest absolute Gasteiger partial charge is 0.306 e. The molecule has 0 unspecified atom stereocenters. The van der Waals surface area contributed by atoms with Crippen LogP contribution in [-0.4, -0.2) is 40.0 Å². The lowest BCUT2D eigenvalue weighted by Gasteiger charge is -2.29. The van der Waals surface area contributed by atoms with E-state index < -0.39 is 5.97 Å². The van der Waals surface area contributed by atoms with Gasteiger partial charge in [0.05, 0.1) is 5.92 Å². The minimum Gasteiger partial charge on any atom is -0.481 e. The van der Waals surface area contributed by atoms with Gasteiger partial charge in [0, 0.05) is 19.3 Å². The summed E-state index contributed by atoms with van der Waals surface area (Å²) < 4.78 is 0. The Morgan fingerprint density at radius 3 is 2.56 bits per heavy atom. The number of piperidine rings is 1. The maximum atomic E-state index is 11.9. The highest BCUT2D eigenvalue weighted by molar-refractivity contribution is 5.92. The summed E-state index contributed by atoms with van der Waals surface area (Å²) >= 11 is 0. The number of aliphatic carboxylic acids is 1. The third-order valence-electron chi connectivity index (χ3n) is 2.96. The highest BCUT2D eigenvalue weighted by atomic mass is 16.4. The summed E-state index contributed by atoms with van der Waals surface area (Å²) in [6, 6.07) is 3.50. The summed E-state index contributed by atoms with van der Waals surface area (Å²) in [6.45, 7) is 1.05. The van der Waals surface area contributed by atoms with Gasteiger partial charge in [0.25, 0.3) is 5.91 Å². The second-order valence-electron chi connectivity index (χ2n) is 3.99. The molecular weight excluding hydrogens is 208 g/mol. The lowest BCUT2D eigenvalue weighted by Crippen LogP contribution is -2.40. The van der Waals surface area contributed by atoms with Crippen LogP contribution >= 0.6 is 0 Å². The molecule has 0 radical (unpaired) electrons. The number of rotatable bonds is 2. The van der Waals surface area contributed by atoms with E-state index in [0.717, 1.165) is 0 Å². The SMILES string of the molecule is O=C(O)C1CCN(C(=O)c2ccc[nH]2)CC1. The van der Waals surface area contributed by atoms with E-state index in [0.29, 0.717) is 31.6 Å². The number of nitrogens with one attached hydrogen (secondary N) is 1. The Labute approximate surface area is 93.1 Å². The van der Waals surface area contributed by atoms with Gasteiger partial charge in [0.15, 0.2) is 0 Å². The minimum absolute atomic E-state index is 0.0474. The molecule has 1 aromatic rings. The van der Waals surface area contributed by atoms with Crippen LogP contribution in [0.5, 0.6) is 0 Å². The average Bonchev–Trinajstić information content (AvgIpc) is 2.81. The summed E-state index contributed by atoms with van der Waals surface area (Å²) in [5, 5.41) is 8.84. The number of likely N-dealkylation sites (tertiary alicyclic amines) is 1. The number of carboxylic acids is 1. The first-order valence-corrected chi connectivity index (χ1v) is 5.34. The van der Waals surface area contributed by atoms with E-state index in [2.05, 4.69) is 4.98 Å². The van der Waals surface area contributed by atoms with Crippen molar-refractivity contribution >= 4 is 11.9 Å². The number of hydrogen-bond acceptors (Lipinski definition) is 2. The van der Waals surface area contributed by atoms with Gasteiger partial charge in [-0.15, -0.1) is 0 Å². The number of aromatic nitrogens is 1. The van der Waals surface area contributed by atoms with Crippen molar-refractivity contribution in [3.8, 4) is 0 Å². The van der Waals surface area contributed by atoms with Crippen LogP contribution in [0.25, 0.3) is 0 Å². The third kappa shape index (κ3) is 2.08. The van der Waals surface area contributed by atoms with Gasteiger partial charge in [-0.25, -0.2) is 0 Å². The van der Waals surface area contributed by atoms with E-state index in [4.69, 9.17) is 5.11 Å². The molecule has 2 heterocycles. The van der Waals surface area contributed by atoms with E-state index in [1.165, 1.54) is 0 Å². The second-order valence-corrected chi connectivity index (χ2v) is 3.99. The normalized spacial score (nSPS) is 17.4. The van der Waals surface area contributed by atoms with E-state index >= 15 is 0 Å². The lowest BCUT2D eigenvalue weighted by atomic mass is 9.97. The van der Waals surface area contributed by atoms with Crippen LogP contribution in [0, 0.1) is 5.92 Å². The molecule has 5 heteroatoms. The quantitative estimate of drug-likeness (QED) is 0.782. The molecule has 0 bridgehead atoms. The van der Waals surface area contributed by atoms with Crippen LogP contribution in [-0.2, 0) is 4.79 Å². The van der Waals surface area contributed by atoms with Crippen molar-refractivity contribution in [3.05, 3.63) is 24.0 Å². The van der Waals surface area contributed by atoms with Gasteiger partial charge in [0.2, 0.25) is 0 Å². The third-order valence-corrected chi connectivity index (χ3v) is 2.96. The van der Waals surface area contributed by atoms with Gasteiger partial charge < -0.3 is 15.0 Å². The van der Waals surface area contributed by atoms with Crippen molar-refractivity contribution in [2.45, 2.75) is 12.8 Å². The Bertz CT molecular complexity index is 378.